The number of rotatable bonds is 2. The Kier molecular flexibility index (Phi) is 4.85. The van der Waals surface area contributed by atoms with Gasteiger partial charge in [0, 0.05) is 44.9 Å². The van der Waals surface area contributed by atoms with Gasteiger partial charge in [-0.25, -0.2) is 0 Å². The molecule has 6 aromatic carbocycles. The average molecular weight is 522 g/mol. The maximum atomic E-state index is 2.54. The molecule has 0 aromatic heterocycles. The Hall–Kier alpha value is -5.02. The summed E-state index contributed by atoms with van der Waals surface area (Å²) >= 11 is 0. The third-order valence-electron chi connectivity index (χ3n) is 9.01. The van der Waals surface area contributed by atoms with Crippen molar-refractivity contribution in [3.63, 3.8) is 0 Å². The molecule has 2 heterocycles. The first-order valence-electron chi connectivity index (χ1n) is 14.6. The van der Waals surface area contributed by atoms with Crippen LogP contribution in [0.4, 0.5) is 28.4 Å². The van der Waals surface area contributed by atoms with E-state index in [1.54, 1.807) is 0 Å². The van der Waals surface area contributed by atoms with E-state index in [2.05, 4.69) is 149 Å². The van der Waals surface area contributed by atoms with E-state index in [4.69, 9.17) is 0 Å². The minimum Gasteiger partial charge on any atom is -0.311 e. The number of hydrogen-bond donors (Lipinski definition) is 0. The Morgan fingerprint density at radius 1 is 0.512 bits per heavy atom. The molecule has 192 valence electrons. The zero-order valence-electron chi connectivity index (χ0n) is 22.7. The van der Waals surface area contributed by atoms with Gasteiger partial charge < -0.3 is 9.80 Å². The standard InChI is InChI=1S/C38H27BN2/c1-3-14-28(15-4-1)40-34-20-11-21-35-36(34)39(32-24-22-26-12-7-9-18-30(26)37(32)40)33-25-23-27-13-8-10-19-31(27)38(33)41(35)29-16-5-2-6-17-29/h1,3-5,7-25H,2,6H2. The van der Waals surface area contributed by atoms with Gasteiger partial charge in [0.1, 0.15) is 0 Å². The zero-order chi connectivity index (χ0) is 26.9. The molecule has 2 nitrogen and oxygen atoms in total. The van der Waals surface area contributed by atoms with E-state index in [-0.39, 0.29) is 6.71 Å². The minimum absolute atomic E-state index is 0.129. The zero-order valence-corrected chi connectivity index (χ0v) is 22.7. The lowest BCUT2D eigenvalue weighted by Crippen LogP contribution is -2.61. The molecule has 6 aromatic rings. The third-order valence-corrected chi connectivity index (χ3v) is 9.01. The molecule has 0 saturated heterocycles. The van der Waals surface area contributed by atoms with Gasteiger partial charge >= 0.3 is 0 Å². The Balaban J connectivity index is 1.44. The van der Waals surface area contributed by atoms with Crippen molar-refractivity contribution in [3.8, 4) is 0 Å². The third kappa shape index (κ3) is 3.20. The van der Waals surface area contributed by atoms with Crippen LogP contribution in [-0.4, -0.2) is 6.71 Å². The van der Waals surface area contributed by atoms with Crippen molar-refractivity contribution in [2.24, 2.45) is 0 Å². The molecule has 0 amide bonds. The van der Waals surface area contributed by atoms with Gasteiger partial charge in [-0.2, -0.15) is 0 Å². The van der Waals surface area contributed by atoms with E-state index in [0.29, 0.717) is 0 Å². The summed E-state index contributed by atoms with van der Waals surface area (Å²) in [4.78, 5) is 5.04. The van der Waals surface area contributed by atoms with E-state index in [1.807, 2.05) is 0 Å². The molecule has 9 rings (SSSR count). The first kappa shape index (κ1) is 22.8. The molecule has 0 unspecified atom stereocenters. The number of anilines is 5. The molecule has 0 saturated carbocycles. The maximum absolute atomic E-state index is 2.54. The topological polar surface area (TPSA) is 6.48 Å². The summed E-state index contributed by atoms with van der Waals surface area (Å²) in [7, 11) is 0. The van der Waals surface area contributed by atoms with E-state index >= 15 is 0 Å². The molecule has 0 bridgehead atoms. The molecule has 41 heavy (non-hydrogen) atoms. The van der Waals surface area contributed by atoms with Crippen LogP contribution in [-0.2, 0) is 0 Å². The Labute approximate surface area is 240 Å². The van der Waals surface area contributed by atoms with Crippen LogP contribution < -0.4 is 26.2 Å². The minimum atomic E-state index is 0.129. The normalized spacial score (nSPS) is 15.0. The largest absolute Gasteiger partial charge is 0.311 e. The van der Waals surface area contributed by atoms with E-state index in [9.17, 15) is 0 Å². The number of nitrogens with zero attached hydrogens (tertiary/aromatic N) is 2. The van der Waals surface area contributed by atoms with Crippen LogP contribution in [0.25, 0.3) is 21.5 Å². The number of fused-ring (bicyclic) bond motifs is 8. The van der Waals surface area contributed by atoms with E-state index in [0.717, 1.165) is 12.8 Å². The molecule has 0 radical (unpaired) electrons. The van der Waals surface area contributed by atoms with Gasteiger partial charge in [0.05, 0.1) is 0 Å². The van der Waals surface area contributed by atoms with Gasteiger partial charge in [-0.05, 0) is 70.3 Å². The summed E-state index contributed by atoms with van der Waals surface area (Å²) in [5.41, 5.74) is 11.7. The van der Waals surface area contributed by atoms with E-state index < -0.39 is 0 Å². The molecule has 3 aliphatic rings. The van der Waals surface area contributed by atoms with Crippen molar-refractivity contribution in [2.75, 3.05) is 9.80 Å². The van der Waals surface area contributed by atoms with E-state index in [1.165, 1.54) is 72.1 Å². The molecule has 0 atom stereocenters. The van der Waals surface area contributed by atoms with Crippen molar-refractivity contribution >= 4 is 73.1 Å². The fraction of sp³-hybridized carbons (Fsp3) is 0.0526. The van der Waals surface area contributed by atoms with Crippen molar-refractivity contribution < 1.29 is 0 Å². The highest BCUT2D eigenvalue weighted by Gasteiger charge is 2.44. The molecular weight excluding hydrogens is 495 g/mol. The van der Waals surface area contributed by atoms with Crippen LogP contribution in [0, 0.1) is 0 Å². The summed E-state index contributed by atoms with van der Waals surface area (Å²) in [6.07, 6.45) is 9.20. The maximum Gasteiger partial charge on any atom is 0.252 e. The van der Waals surface area contributed by atoms with Crippen LogP contribution in [0.2, 0.25) is 0 Å². The van der Waals surface area contributed by atoms with Gasteiger partial charge in [0.25, 0.3) is 6.71 Å². The molecule has 0 N–H and O–H groups in total. The van der Waals surface area contributed by atoms with Crippen LogP contribution in [0.3, 0.4) is 0 Å². The van der Waals surface area contributed by atoms with Crippen LogP contribution >= 0.6 is 0 Å². The lowest BCUT2D eigenvalue weighted by Gasteiger charge is -2.45. The monoisotopic (exact) mass is 522 g/mol. The highest BCUT2D eigenvalue weighted by Crippen LogP contribution is 2.46. The quantitative estimate of drug-likeness (QED) is 0.213. The van der Waals surface area contributed by atoms with Gasteiger partial charge in [-0.1, -0.05) is 109 Å². The summed E-state index contributed by atoms with van der Waals surface area (Å²) < 4.78 is 0. The lowest BCUT2D eigenvalue weighted by molar-refractivity contribution is 0.999. The predicted molar refractivity (Wildman–Crippen MR) is 176 cm³/mol. The Bertz CT molecular complexity index is 2070. The van der Waals surface area contributed by atoms with Crippen LogP contribution in [0.1, 0.15) is 12.8 Å². The van der Waals surface area contributed by atoms with Gasteiger partial charge in [0.15, 0.2) is 0 Å². The van der Waals surface area contributed by atoms with Gasteiger partial charge in [-0.15, -0.1) is 0 Å². The first-order valence-corrected chi connectivity index (χ1v) is 14.6. The smallest absolute Gasteiger partial charge is 0.252 e. The highest BCUT2D eigenvalue weighted by atomic mass is 15.2. The molecule has 0 fully saturated rings. The second-order valence-corrected chi connectivity index (χ2v) is 11.2. The van der Waals surface area contributed by atoms with Crippen LogP contribution in [0.15, 0.2) is 145 Å². The summed E-state index contributed by atoms with van der Waals surface area (Å²) in [5, 5.41) is 5.12. The van der Waals surface area contributed by atoms with Crippen molar-refractivity contribution in [1.29, 1.82) is 0 Å². The number of hydrogen-bond acceptors (Lipinski definition) is 2. The number of benzene rings is 6. The van der Waals surface area contributed by atoms with Crippen molar-refractivity contribution in [3.05, 3.63) is 145 Å². The van der Waals surface area contributed by atoms with Crippen molar-refractivity contribution in [1.82, 2.24) is 0 Å². The van der Waals surface area contributed by atoms with Gasteiger partial charge in [0.2, 0.25) is 0 Å². The van der Waals surface area contributed by atoms with Crippen molar-refractivity contribution in [2.45, 2.75) is 12.8 Å². The summed E-state index contributed by atoms with van der Waals surface area (Å²) in [5.74, 6) is 0. The number of para-hydroxylation sites is 1. The predicted octanol–water partition coefficient (Wildman–Crippen LogP) is 7.98. The number of allylic oxidation sites excluding steroid dienone is 3. The summed E-state index contributed by atoms with van der Waals surface area (Å²) in [6.45, 7) is 0.129. The fourth-order valence-electron chi connectivity index (χ4n) is 7.33. The SMILES string of the molecule is C1=CC(N2c3cccc4c3B(c3ccc5ccccc5c32)c2ccc3ccccc3c2N4c2ccccc2)=CCC1. The fourth-order valence-corrected chi connectivity index (χ4v) is 7.33. The molecule has 2 aliphatic heterocycles. The van der Waals surface area contributed by atoms with Gasteiger partial charge in [-0.3, -0.25) is 0 Å². The second kappa shape index (κ2) is 8.74. The Morgan fingerprint density at radius 2 is 1.12 bits per heavy atom. The molecule has 0 spiro atoms. The highest BCUT2D eigenvalue weighted by molar-refractivity contribution is 7.00. The Morgan fingerprint density at radius 3 is 1.78 bits per heavy atom. The second-order valence-electron chi connectivity index (χ2n) is 11.2. The average Bonchev–Trinajstić information content (AvgIpc) is 3.05. The first-order chi connectivity index (χ1) is 20.4. The molecule has 1 aliphatic carbocycles. The molecular formula is C38H27BN2. The molecule has 3 heteroatoms. The summed E-state index contributed by atoms with van der Waals surface area (Å²) in [6, 6.07) is 44.8. The lowest BCUT2D eigenvalue weighted by atomic mass is 9.33. The van der Waals surface area contributed by atoms with Crippen LogP contribution in [0.5, 0.6) is 0 Å².